The van der Waals surface area contributed by atoms with E-state index in [9.17, 15) is 4.79 Å². The molecular formula is C17H33NO2. The Morgan fingerprint density at radius 2 is 1.25 bits per heavy atom. The third kappa shape index (κ3) is 36.0. The number of carbonyl (C=O) groups is 1. The molecule has 0 N–H and O–H groups in total. The van der Waals surface area contributed by atoms with Gasteiger partial charge in [0.15, 0.2) is 0 Å². The van der Waals surface area contributed by atoms with E-state index in [1.165, 1.54) is 71.1 Å². The van der Waals surface area contributed by atoms with E-state index in [0.29, 0.717) is 0 Å². The predicted octanol–water partition coefficient (Wildman–Crippen LogP) is 5.76. The third-order valence-corrected chi connectivity index (χ3v) is 2.71. The van der Waals surface area contributed by atoms with Crippen LogP contribution in [0, 0.1) is 11.8 Å². The molecule has 20 heavy (non-hydrogen) atoms. The van der Waals surface area contributed by atoms with Crippen LogP contribution < -0.4 is 0 Å². The average Bonchev–Trinajstić information content (AvgIpc) is 2.45. The first-order valence-electron chi connectivity index (χ1n) is 7.72. The lowest BCUT2D eigenvalue weighted by Gasteiger charge is -1.99. The number of nitriles is 1. The lowest BCUT2D eigenvalue weighted by Crippen LogP contribution is -1.87. The fraction of sp³-hybridized carbons (Fsp3) is 0.765. The monoisotopic (exact) mass is 283 g/mol. The number of carbonyl (C=O) groups excluding carboxylic acids is 1. The highest BCUT2D eigenvalue weighted by atomic mass is 16.5. The lowest BCUT2D eigenvalue weighted by molar-refractivity contribution is -0.135. The molecule has 0 fully saturated rings. The summed E-state index contributed by atoms with van der Waals surface area (Å²) in [6.07, 6.45) is 15.5. The van der Waals surface area contributed by atoms with Crippen molar-refractivity contribution in [3.8, 4) is 6.57 Å². The second-order valence-electron chi connectivity index (χ2n) is 4.60. The van der Waals surface area contributed by atoms with E-state index in [1.54, 1.807) is 0 Å². The summed E-state index contributed by atoms with van der Waals surface area (Å²) >= 11 is 0. The molecule has 0 aromatic carbocycles. The Bertz CT molecular complexity index is 202. The standard InChI is InChI=1S/C12H26.C4H6O2.CHN/c1-3-5-7-9-11-12-10-8-6-4-2;1-3-6-4(2)5;1-2/h3-12H2,1-2H3;3H,1H2,2H3;1H. The molecule has 0 amide bonds. The van der Waals surface area contributed by atoms with Crippen molar-refractivity contribution in [2.75, 3.05) is 0 Å². The van der Waals surface area contributed by atoms with Gasteiger partial charge in [0.05, 0.1) is 6.26 Å². The van der Waals surface area contributed by atoms with Crippen LogP contribution in [0.4, 0.5) is 0 Å². The van der Waals surface area contributed by atoms with Crippen molar-refractivity contribution >= 4 is 5.97 Å². The van der Waals surface area contributed by atoms with E-state index < -0.39 is 0 Å². The summed E-state index contributed by atoms with van der Waals surface area (Å²) < 4.78 is 4.17. The van der Waals surface area contributed by atoms with Crippen LogP contribution in [0.1, 0.15) is 85.0 Å². The zero-order valence-electron chi connectivity index (χ0n) is 13.7. The summed E-state index contributed by atoms with van der Waals surface area (Å²) in [5, 5.41) is 6.50. The van der Waals surface area contributed by atoms with Crippen molar-refractivity contribution in [1.29, 1.82) is 5.26 Å². The maximum atomic E-state index is 9.75. The number of esters is 1. The molecule has 0 saturated heterocycles. The largest absolute Gasteiger partial charge is 0.435 e. The summed E-state index contributed by atoms with van der Waals surface area (Å²) in [7, 11) is 0. The van der Waals surface area contributed by atoms with Crippen LogP contribution >= 0.6 is 0 Å². The maximum Gasteiger partial charge on any atom is 0.307 e. The van der Waals surface area contributed by atoms with Gasteiger partial charge in [0.2, 0.25) is 0 Å². The van der Waals surface area contributed by atoms with Crippen LogP contribution in [0.3, 0.4) is 0 Å². The molecule has 3 nitrogen and oxygen atoms in total. The quantitative estimate of drug-likeness (QED) is 0.291. The number of ether oxygens (including phenoxy) is 1. The molecule has 0 aromatic rings. The van der Waals surface area contributed by atoms with Gasteiger partial charge in [-0.2, -0.15) is 0 Å². The zero-order valence-corrected chi connectivity index (χ0v) is 13.7. The van der Waals surface area contributed by atoms with Gasteiger partial charge in [0.25, 0.3) is 0 Å². The van der Waals surface area contributed by atoms with Gasteiger partial charge in [-0.1, -0.05) is 84.6 Å². The van der Waals surface area contributed by atoms with Crippen LogP contribution in [0.25, 0.3) is 0 Å². The van der Waals surface area contributed by atoms with Crippen LogP contribution in [0.2, 0.25) is 0 Å². The number of rotatable bonds is 10. The lowest BCUT2D eigenvalue weighted by atomic mass is 10.1. The zero-order chi connectivity index (χ0) is 16.1. The molecule has 0 heterocycles. The summed E-state index contributed by atoms with van der Waals surface area (Å²) in [5.74, 6) is -0.329. The fourth-order valence-electron chi connectivity index (χ4n) is 1.68. The maximum absolute atomic E-state index is 9.75. The van der Waals surface area contributed by atoms with Crippen molar-refractivity contribution in [3.63, 3.8) is 0 Å². The molecule has 0 aliphatic heterocycles. The SMILES string of the molecule is C#N.C=COC(C)=O.CCCCCCCCCCCC. The van der Waals surface area contributed by atoms with Crippen LogP contribution in [-0.2, 0) is 9.53 Å². The molecule has 3 heteroatoms. The number of nitrogens with zero attached hydrogens (tertiary/aromatic N) is 1. The van der Waals surface area contributed by atoms with Gasteiger partial charge in [-0.05, 0) is 0 Å². The minimum atomic E-state index is -0.329. The van der Waals surface area contributed by atoms with Crippen LogP contribution in [-0.4, -0.2) is 5.97 Å². The Hall–Kier alpha value is -1.30. The van der Waals surface area contributed by atoms with Crippen molar-refractivity contribution < 1.29 is 9.53 Å². The van der Waals surface area contributed by atoms with Crippen LogP contribution in [0.5, 0.6) is 0 Å². The van der Waals surface area contributed by atoms with Gasteiger partial charge < -0.3 is 4.74 Å². The molecule has 0 aliphatic carbocycles. The first-order chi connectivity index (χ1) is 9.68. The minimum absolute atomic E-state index is 0.329. The Labute approximate surface area is 126 Å². The summed E-state index contributed by atoms with van der Waals surface area (Å²) in [5.41, 5.74) is 0. The molecular weight excluding hydrogens is 250 g/mol. The van der Waals surface area contributed by atoms with E-state index in [4.69, 9.17) is 5.26 Å². The second kappa shape index (κ2) is 26.3. The molecule has 0 unspecified atom stereocenters. The molecule has 0 bridgehead atoms. The smallest absolute Gasteiger partial charge is 0.307 e. The predicted molar refractivity (Wildman–Crippen MR) is 86.2 cm³/mol. The minimum Gasteiger partial charge on any atom is -0.435 e. The van der Waals surface area contributed by atoms with Crippen molar-refractivity contribution in [3.05, 3.63) is 12.8 Å². The Morgan fingerprint density at radius 1 is 0.950 bits per heavy atom. The van der Waals surface area contributed by atoms with E-state index >= 15 is 0 Å². The molecule has 0 rings (SSSR count). The van der Waals surface area contributed by atoms with Gasteiger partial charge in [0.1, 0.15) is 0 Å². The summed E-state index contributed by atoms with van der Waals surface area (Å²) in [4.78, 5) is 9.75. The molecule has 0 saturated carbocycles. The van der Waals surface area contributed by atoms with Crippen LogP contribution in [0.15, 0.2) is 12.8 Å². The van der Waals surface area contributed by atoms with E-state index in [1.807, 2.05) is 0 Å². The van der Waals surface area contributed by atoms with Crippen molar-refractivity contribution in [1.82, 2.24) is 0 Å². The van der Waals surface area contributed by atoms with Crippen molar-refractivity contribution in [2.45, 2.75) is 85.0 Å². The Balaban J connectivity index is -0.000000304. The summed E-state index contributed by atoms with van der Waals surface area (Å²) in [6, 6.07) is 0. The number of hydrogen-bond donors (Lipinski definition) is 0. The first kappa shape index (κ1) is 23.8. The molecule has 0 aromatic heterocycles. The summed E-state index contributed by atoms with van der Waals surface area (Å²) in [6.45, 7) is 12.5. The highest BCUT2D eigenvalue weighted by molar-refractivity contribution is 5.66. The van der Waals surface area contributed by atoms with Gasteiger partial charge in [-0.3, -0.25) is 4.79 Å². The average molecular weight is 283 g/mol. The molecule has 0 aliphatic rings. The second-order valence-corrected chi connectivity index (χ2v) is 4.60. The van der Waals surface area contributed by atoms with E-state index in [0.717, 1.165) is 6.26 Å². The Kier molecular flexibility index (Phi) is 31.3. The number of hydrogen-bond acceptors (Lipinski definition) is 3. The van der Waals surface area contributed by atoms with Gasteiger partial charge >= 0.3 is 5.97 Å². The van der Waals surface area contributed by atoms with Gasteiger partial charge in [-0.25, -0.2) is 5.26 Å². The highest BCUT2D eigenvalue weighted by Crippen LogP contribution is 2.09. The third-order valence-electron chi connectivity index (χ3n) is 2.71. The molecule has 0 atom stereocenters. The van der Waals surface area contributed by atoms with E-state index in [2.05, 4.69) is 31.7 Å². The van der Waals surface area contributed by atoms with Gasteiger partial charge in [0, 0.05) is 13.5 Å². The fourth-order valence-corrected chi connectivity index (χ4v) is 1.68. The molecule has 0 radical (unpaired) electrons. The molecule has 118 valence electrons. The number of unbranched alkanes of at least 4 members (excludes halogenated alkanes) is 9. The molecule has 0 spiro atoms. The van der Waals surface area contributed by atoms with Gasteiger partial charge in [-0.15, -0.1) is 0 Å². The first-order valence-corrected chi connectivity index (χ1v) is 7.72. The normalized spacial score (nSPS) is 8.45. The Morgan fingerprint density at radius 3 is 1.40 bits per heavy atom. The van der Waals surface area contributed by atoms with E-state index in [-0.39, 0.29) is 5.97 Å². The highest BCUT2D eigenvalue weighted by Gasteiger charge is 1.90. The van der Waals surface area contributed by atoms with Crippen molar-refractivity contribution in [2.24, 2.45) is 0 Å². The topological polar surface area (TPSA) is 50.1 Å².